The van der Waals surface area contributed by atoms with E-state index in [1.165, 1.54) is 11.3 Å². The van der Waals surface area contributed by atoms with E-state index in [0.717, 1.165) is 10.2 Å². The van der Waals surface area contributed by atoms with E-state index in [-0.39, 0.29) is 11.6 Å². The maximum atomic E-state index is 9.19. The number of thiazole rings is 1. The first-order valence-corrected chi connectivity index (χ1v) is 7.19. The molecule has 0 fully saturated rings. The van der Waals surface area contributed by atoms with Gasteiger partial charge in [-0.1, -0.05) is 0 Å². The smallest absolute Gasteiger partial charge is 0.261 e. The van der Waals surface area contributed by atoms with Gasteiger partial charge in [0.05, 0.1) is 16.5 Å². The maximum Gasteiger partial charge on any atom is 0.261 e. The predicted molar refractivity (Wildman–Crippen MR) is 69.8 cm³/mol. The lowest BCUT2D eigenvalue weighted by Gasteiger charge is -1.87. The fourth-order valence-corrected chi connectivity index (χ4v) is 1.89. The molecule has 2 rings (SSSR count). The number of rotatable bonds is 1. The van der Waals surface area contributed by atoms with Crippen LogP contribution in [0.3, 0.4) is 0 Å². The van der Waals surface area contributed by atoms with E-state index in [1.807, 2.05) is 0 Å². The Balaban J connectivity index is 0.000000280. The Kier molecular flexibility index (Phi) is 4.22. The topological polar surface area (TPSA) is 137 Å². The third-order valence-electron chi connectivity index (χ3n) is 1.60. The molecule has 0 bridgehead atoms. The lowest BCUT2D eigenvalue weighted by molar-refractivity contribution is 0.476. The number of nitrogens with one attached hydrogen (secondary N) is 1. The molecule has 0 aliphatic rings. The molecule has 0 radical (unpaired) electrons. The van der Waals surface area contributed by atoms with Crippen molar-refractivity contribution in [1.29, 1.82) is 5.41 Å². The van der Waals surface area contributed by atoms with Gasteiger partial charge in [0.15, 0.2) is 10.8 Å². The second-order valence-corrected chi connectivity index (χ2v) is 5.81. The molecule has 1 aromatic carbocycles. The first-order chi connectivity index (χ1) is 8.16. The number of fused-ring (bicyclic) bond motifs is 1. The first kappa shape index (κ1) is 14.4. The fourth-order valence-electron chi connectivity index (χ4n) is 1.03. The molecule has 0 amide bonds. The highest BCUT2D eigenvalue weighted by Gasteiger charge is 2.05. The van der Waals surface area contributed by atoms with Crippen LogP contribution in [0.25, 0.3) is 10.2 Å². The van der Waals surface area contributed by atoms with Crippen molar-refractivity contribution in [2.75, 3.05) is 6.26 Å². The molecule has 5 N–H and O–H groups in total. The monoisotopic (exact) mass is 289 g/mol. The highest BCUT2D eigenvalue weighted by Crippen LogP contribution is 2.25. The van der Waals surface area contributed by atoms with Crippen LogP contribution in [0.2, 0.25) is 0 Å². The molecule has 1 aromatic heterocycles. The van der Waals surface area contributed by atoms with Crippen LogP contribution in [0, 0.1) is 5.41 Å². The van der Waals surface area contributed by atoms with Crippen molar-refractivity contribution in [3.8, 4) is 5.75 Å². The first-order valence-electron chi connectivity index (χ1n) is 4.53. The van der Waals surface area contributed by atoms with Gasteiger partial charge < -0.3 is 10.8 Å². The zero-order valence-electron chi connectivity index (χ0n) is 9.28. The Bertz CT molecular complexity index is 670. The number of amidine groups is 1. The molecular formula is C9H11N3O4S2. The van der Waals surface area contributed by atoms with E-state index >= 15 is 0 Å². The Labute approximate surface area is 107 Å². The summed E-state index contributed by atoms with van der Waals surface area (Å²) in [4.78, 5) is 4.11. The SMILES string of the molecule is CS(=O)(=O)O.N=C(N)c1nc2ccc(O)cc2s1. The molecule has 2 aromatic rings. The lowest BCUT2D eigenvalue weighted by Crippen LogP contribution is -2.09. The lowest BCUT2D eigenvalue weighted by atomic mass is 10.3. The standard InChI is InChI=1S/C8H7N3OS.CH4O3S/c9-7(10)8-11-5-2-1-4(12)3-6(5)13-8;1-5(2,3)4/h1-3,12H,(H3,9,10);1H3,(H,2,3,4). The van der Waals surface area contributed by atoms with Gasteiger partial charge in [-0.3, -0.25) is 9.96 Å². The van der Waals surface area contributed by atoms with E-state index in [0.29, 0.717) is 11.3 Å². The van der Waals surface area contributed by atoms with Crippen LogP contribution >= 0.6 is 11.3 Å². The van der Waals surface area contributed by atoms with Crippen LogP contribution in [0.4, 0.5) is 0 Å². The minimum atomic E-state index is -3.67. The molecule has 18 heavy (non-hydrogen) atoms. The van der Waals surface area contributed by atoms with Crippen molar-refractivity contribution < 1.29 is 18.1 Å². The Morgan fingerprint density at radius 3 is 2.56 bits per heavy atom. The summed E-state index contributed by atoms with van der Waals surface area (Å²) in [6, 6.07) is 4.87. The number of phenols is 1. The molecule has 98 valence electrons. The number of nitrogen functional groups attached to an aromatic ring is 1. The third-order valence-corrected chi connectivity index (χ3v) is 2.65. The summed E-state index contributed by atoms with van der Waals surface area (Å²) in [6.07, 6.45) is 0.715. The highest BCUT2D eigenvalue weighted by molar-refractivity contribution is 7.85. The second-order valence-electron chi connectivity index (χ2n) is 3.32. The molecule has 0 unspecified atom stereocenters. The second kappa shape index (κ2) is 5.29. The summed E-state index contributed by atoms with van der Waals surface area (Å²) in [5, 5.41) is 16.8. The van der Waals surface area contributed by atoms with E-state index in [9.17, 15) is 13.5 Å². The maximum absolute atomic E-state index is 9.19. The van der Waals surface area contributed by atoms with Crippen molar-refractivity contribution >= 4 is 37.5 Å². The van der Waals surface area contributed by atoms with Crippen LogP contribution in [0.1, 0.15) is 5.01 Å². The number of phenolic OH excluding ortho intramolecular Hbond substituents is 1. The summed E-state index contributed by atoms with van der Waals surface area (Å²) in [7, 11) is -3.67. The van der Waals surface area contributed by atoms with Crippen LogP contribution in [-0.2, 0) is 10.1 Å². The van der Waals surface area contributed by atoms with Gasteiger partial charge in [-0.15, -0.1) is 11.3 Å². The summed E-state index contributed by atoms with van der Waals surface area (Å²) < 4.78 is 26.7. The summed E-state index contributed by atoms with van der Waals surface area (Å²) in [6.45, 7) is 0. The van der Waals surface area contributed by atoms with Gasteiger partial charge >= 0.3 is 0 Å². The van der Waals surface area contributed by atoms with E-state index < -0.39 is 10.1 Å². The summed E-state index contributed by atoms with van der Waals surface area (Å²) in [5.41, 5.74) is 6.04. The number of hydrogen-bond donors (Lipinski definition) is 4. The van der Waals surface area contributed by atoms with Crippen LogP contribution in [0.5, 0.6) is 5.75 Å². The van der Waals surface area contributed by atoms with Crippen molar-refractivity contribution in [2.45, 2.75) is 0 Å². The third kappa shape index (κ3) is 4.65. The number of hydrogen-bond acceptors (Lipinski definition) is 6. The number of aromatic nitrogens is 1. The van der Waals surface area contributed by atoms with Crippen molar-refractivity contribution in [3.05, 3.63) is 23.2 Å². The normalized spacial score (nSPS) is 10.8. The predicted octanol–water partition coefficient (Wildman–Crippen LogP) is 0.790. The van der Waals surface area contributed by atoms with Gasteiger partial charge in [0.2, 0.25) is 0 Å². The number of benzene rings is 1. The van der Waals surface area contributed by atoms with E-state index in [1.54, 1.807) is 18.2 Å². The van der Waals surface area contributed by atoms with Gasteiger partial charge in [-0.05, 0) is 18.2 Å². The average molecular weight is 289 g/mol. The van der Waals surface area contributed by atoms with E-state index in [4.69, 9.17) is 15.7 Å². The van der Waals surface area contributed by atoms with Crippen LogP contribution in [0.15, 0.2) is 18.2 Å². The average Bonchev–Trinajstić information content (AvgIpc) is 2.57. The summed E-state index contributed by atoms with van der Waals surface area (Å²) >= 11 is 1.30. The fraction of sp³-hybridized carbons (Fsp3) is 0.111. The Hall–Kier alpha value is -1.71. The minimum Gasteiger partial charge on any atom is -0.508 e. The molecule has 0 atom stereocenters. The Morgan fingerprint density at radius 1 is 1.50 bits per heavy atom. The number of nitrogens with two attached hydrogens (primary N) is 1. The molecule has 9 heteroatoms. The van der Waals surface area contributed by atoms with Gasteiger partial charge in [-0.25, -0.2) is 4.98 Å². The molecule has 7 nitrogen and oxygen atoms in total. The molecule has 1 heterocycles. The highest BCUT2D eigenvalue weighted by atomic mass is 32.2. The quantitative estimate of drug-likeness (QED) is 0.348. The van der Waals surface area contributed by atoms with Crippen LogP contribution < -0.4 is 5.73 Å². The minimum absolute atomic E-state index is 0.0410. The Morgan fingerprint density at radius 2 is 2.06 bits per heavy atom. The molecular weight excluding hydrogens is 278 g/mol. The molecule has 0 aliphatic heterocycles. The van der Waals surface area contributed by atoms with Gasteiger partial charge in [0.1, 0.15) is 5.75 Å². The zero-order valence-corrected chi connectivity index (χ0v) is 10.9. The van der Waals surface area contributed by atoms with E-state index in [2.05, 4.69) is 4.98 Å². The zero-order chi connectivity index (χ0) is 13.9. The van der Waals surface area contributed by atoms with Crippen molar-refractivity contribution in [1.82, 2.24) is 4.98 Å². The van der Waals surface area contributed by atoms with Gasteiger partial charge in [0.25, 0.3) is 10.1 Å². The van der Waals surface area contributed by atoms with Gasteiger partial charge in [-0.2, -0.15) is 8.42 Å². The van der Waals surface area contributed by atoms with Crippen molar-refractivity contribution in [3.63, 3.8) is 0 Å². The number of nitrogens with zero attached hydrogens (tertiary/aromatic N) is 1. The summed E-state index contributed by atoms with van der Waals surface area (Å²) in [5.74, 6) is 0.159. The van der Waals surface area contributed by atoms with Gasteiger partial charge in [0, 0.05) is 0 Å². The molecule has 0 saturated heterocycles. The van der Waals surface area contributed by atoms with Crippen molar-refractivity contribution in [2.24, 2.45) is 5.73 Å². The number of aromatic hydroxyl groups is 1. The molecule has 0 saturated carbocycles. The molecule has 0 aliphatic carbocycles. The molecule has 0 spiro atoms. The van der Waals surface area contributed by atoms with Crippen LogP contribution in [-0.4, -0.2) is 35.2 Å². The largest absolute Gasteiger partial charge is 0.508 e.